The number of rotatable bonds is 6. The predicted octanol–water partition coefficient (Wildman–Crippen LogP) is 2.91. The zero-order valence-electron chi connectivity index (χ0n) is 16.7. The molecule has 1 aliphatic heterocycles. The first-order valence-electron chi connectivity index (χ1n) is 10.2. The minimum atomic E-state index is -0.960. The molecular formula is C22H21FN4O4. The molecule has 5 rings (SSSR count). The fourth-order valence-electron chi connectivity index (χ4n) is 4.08. The molecule has 3 aromatic rings. The van der Waals surface area contributed by atoms with Crippen LogP contribution < -0.4 is 5.73 Å². The molecule has 2 aromatic heterocycles. The molecule has 2 aliphatic rings. The van der Waals surface area contributed by atoms with E-state index >= 15 is 0 Å². The monoisotopic (exact) mass is 424 g/mol. The van der Waals surface area contributed by atoms with Crippen LogP contribution in [0.3, 0.4) is 0 Å². The van der Waals surface area contributed by atoms with Crippen molar-refractivity contribution in [2.24, 2.45) is 11.1 Å². The Morgan fingerprint density at radius 2 is 1.94 bits per heavy atom. The van der Waals surface area contributed by atoms with Crippen LogP contribution in [0.4, 0.5) is 4.39 Å². The molecule has 2 amide bonds. The van der Waals surface area contributed by atoms with Crippen molar-refractivity contribution in [1.82, 2.24) is 15.2 Å². The molecule has 0 spiro atoms. The standard InChI is InChI=1S/C22H21FN4O4/c23-15-5-3-13(4-6-15)17-9-16(30-25-17)11-22(21(24)29)7-8-27(12-22)20(28)18-10-19(31-26-18)14-1-2-14/h3-6,9-10,14H,1-2,7-8,11-12H2,(H2,24,29)/t22-/m1/s1. The molecule has 1 aromatic carbocycles. The first-order chi connectivity index (χ1) is 14.9. The molecule has 160 valence electrons. The quantitative estimate of drug-likeness (QED) is 0.651. The number of nitrogens with zero attached hydrogens (tertiary/aromatic N) is 3. The summed E-state index contributed by atoms with van der Waals surface area (Å²) in [5, 5.41) is 7.93. The van der Waals surface area contributed by atoms with Crippen LogP contribution in [0, 0.1) is 11.2 Å². The van der Waals surface area contributed by atoms with E-state index in [4.69, 9.17) is 14.8 Å². The highest BCUT2D eigenvalue weighted by Gasteiger charge is 2.46. The fourth-order valence-corrected chi connectivity index (χ4v) is 4.08. The topological polar surface area (TPSA) is 115 Å². The first kappa shape index (κ1) is 19.5. The van der Waals surface area contributed by atoms with Crippen molar-refractivity contribution in [3.8, 4) is 11.3 Å². The van der Waals surface area contributed by atoms with Gasteiger partial charge in [0.25, 0.3) is 5.91 Å². The van der Waals surface area contributed by atoms with Gasteiger partial charge in [-0.15, -0.1) is 0 Å². The van der Waals surface area contributed by atoms with Gasteiger partial charge in [0, 0.05) is 43.1 Å². The van der Waals surface area contributed by atoms with Gasteiger partial charge in [0.1, 0.15) is 23.0 Å². The third-order valence-electron chi connectivity index (χ3n) is 6.10. The highest BCUT2D eigenvalue weighted by atomic mass is 19.1. The van der Waals surface area contributed by atoms with E-state index in [1.165, 1.54) is 12.1 Å². The average molecular weight is 424 g/mol. The normalized spacial score (nSPS) is 20.9. The SMILES string of the molecule is NC(=O)[C@@]1(Cc2cc(-c3ccc(F)cc3)no2)CCN(C(=O)c2cc(C3CC3)on2)C1. The number of aromatic nitrogens is 2. The lowest BCUT2D eigenvalue weighted by atomic mass is 9.82. The van der Waals surface area contributed by atoms with E-state index in [0.717, 1.165) is 18.6 Å². The molecule has 9 heteroatoms. The Bertz CT molecular complexity index is 1130. The summed E-state index contributed by atoms with van der Waals surface area (Å²) in [4.78, 5) is 26.8. The lowest BCUT2D eigenvalue weighted by molar-refractivity contribution is -0.127. The molecule has 0 unspecified atom stereocenters. The molecule has 0 radical (unpaired) electrons. The molecule has 1 saturated carbocycles. The van der Waals surface area contributed by atoms with Gasteiger partial charge >= 0.3 is 0 Å². The molecule has 3 heterocycles. The third kappa shape index (κ3) is 3.71. The molecule has 8 nitrogen and oxygen atoms in total. The van der Waals surface area contributed by atoms with Gasteiger partial charge in [0.15, 0.2) is 5.69 Å². The summed E-state index contributed by atoms with van der Waals surface area (Å²) in [6.07, 6.45) is 2.73. The van der Waals surface area contributed by atoms with Crippen molar-refractivity contribution in [3.05, 3.63) is 59.4 Å². The van der Waals surface area contributed by atoms with Crippen LogP contribution in [-0.4, -0.2) is 40.1 Å². The van der Waals surface area contributed by atoms with Gasteiger partial charge in [0.05, 0.1) is 5.41 Å². The van der Waals surface area contributed by atoms with Gasteiger partial charge in [-0.05, 0) is 43.5 Å². The Hall–Kier alpha value is -3.49. The maximum absolute atomic E-state index is 13.1. The second-order valence-corrected chi connectivity index (χ2v) is 8.37. The van der Waals surface area contributed by atoms with Crippen molar-refractivity contribution in [3.63, 3.8) is 0 Å². The van der Waals surface area contributed by atoms with E-state index in [1.807, 2.05) is 0 Å². The smallest absolute Gasteiger partial charge is 0.276 e. The summed E-state index contributed by atoms with van der Waals surface area (Å²) in [6.45, 7) is 0.547. The molecule has 31 heavy (non-hydrogen) atoms. The van der Waals surface area contributed by atoms with Crippen LogP contribution in [0.5, 0.6) is 0 Å². The van der Waals surface area contributed by atoms with Crippen molar-refractivity contribution in [1.29, 1.82) is 0 Å². The number of benzene rings is 1. The summed E-state index contributed by atoms with van der Waals surface area (Å²) in [5.41, 5.74) is 6.28. The predicted molar refractivity (Wildman–Crippen MR) is 106 cm³/mol. The minimum Gasteiger partial charge on any atom is -0.369 e. The number of amides is 2. The third-order valence-corrected chi connectivity index (χ3v) is 6.10. The van der Waals surface area contributed by atoms with Crippen LogP contribution in [0.1, 0.15) is 47.2 Å². The number of hydrogen-bond acceptors (Lipinski definition) is 6. The Morgan fingerprint density at radius 1 is 1.16 bits per heavy atom. The van der Waals surface area contributed by atoms with Crippen LogP contribution in [0.15, 0.2) is 45.4 Å². The van der Waals surface area contributed by atoms with E-state index in [-0.39, 0.29) is 30.4 Å². The van der Waals surface area contributed by atoms with E-state index in [0.29, 0.717) is 35.9 Å². The molecular weight excluding hydrogens is 403 g/mol. The van der Waals surface area contributed by atoms with Crippen LogP contribution >= 0.6 is 0 Å². The second kappa shape index (κ2) is 7.33. The van der Waals surface area contributed by atoms with Crippen molar-refractivity contribution in [2.45, 2.75) is 31.6 Å². The zero-order valence-corrected chi connectivity index (χ0v) is 16.7. The number of carbonyl (C=O) groups is 2. The van der Waals surface area contributed by atoms with Gasteiger partial charge < -0.3 is 19.7 Å². The van der Waals surface area contributed by atoms with Gasteiger partial charge in [-0.25, -0.2) is 4.39 Å². The number of carbonyl (C=O) groups excluding carboxylic acids is 2. The van der Waals surface area contributed by atoms with Crippen molar-refractivity contribution < 1.29 is 23.0 Å². The number of primary amides is 1. The van der Waals surface area contributed by atoms with Crippen molar-refractivity contribution >= 4 is 11.8 Å². The molecule has 2 N–H and O–H groups in total. The molecule has 2 fully saturated rings. The average Bonchev–Trinajstić information content (AvgIpc) is 3.17. The summed E-state index contributed by atoms with van der Waals surface area (Å²) in [7, 11) is 0. The fraction of sp³-hybridized carbons (Fsp3) is 0.364. The van der Waals surface area contributed by atoms with Gasteiger partial charge in [-0.2, -0.15) is 0 Å². The molecule has 1 atom stereocenters. The number of nitrogens with two attached hydrogens (primary N) is 1. The maximum Gasteiger partial charge on any atom is 0.276 e. The van der Waals surface area contributed by atoms with E-state index < -0.39 is 11.3 Å². The van der Waals surface area contributed by atoms with Gasteiger partial charge in [-0.1, -0.05) is 10.3 Å². The van der Waals surface area contributed by atoms with E-state index in [2.05, 4.69) is 10.3 Å². The largest absolute Gasteiger partial charge is 0.369 e. The summed E-state index contributed by atoms with van der Waals surface area (Å²) in [6, 6.07) is 9.29. The van der Waals surface area contributed by atoms with Crippen LogP contribution in [0.25, 0.3) is 11.3 Å². The minimum absolute atomic E-state index is 0.166. The summed E-state index contributed by atoms with van der Waals surface area (Å²) >= 11 is 0. The Kier molecular flexibility index (Phi) is 4.60. The van der Waals surface area contributed by atoms with Gasteiger partial charge in [0.2, 0.25) is 5.91 Å². The van der Waals surface area contributed by atoms with Crippen LogP contribution in [-0.2, 0) is 11.2 Å². The Labute approximate surface area is 177 Å². The van der Waals surface area contributed by atoms with Crippen molar-refractivity contribution in [2.75, 3.05) is 13.1 Å². The zero-order chi connectivity index (χ0) is 21.6. The summed E-state index contributed by atoms with van der Waals surface area (Å²) < 4.78 is 23.8. The molecule has 0 bridgehead atoms. The number of likely N-dealkylation sites (tertiary alicyclic amines) is 1. The van der Waals surface area contributed by atoms with E-state index in [9.17, 15) is 14.0 Å². The lowest BCUT2D eigenvalue weighted by Crippen LogP contribution is -2.42. The lowest BCUT2D eigenvalue weighted by Gasteiger charge is -2.24. The van der Waals surface area contributed by atoms with E-state index in [1.54, 1.807) is 29.2 Å². The maximum atomic E-state index is 13.1. The Morgan fingerprint density at radius 3 is 2.65 bits per heavy atom. The number of halogens is 1. The highest BCUT2D eigenvalue weighted by Crippen LogP contribution is 2.41. The molecule has 1 saturated heterocycles. The van der Waals surface area contributed by atoms with Crippen LogP contribution in [0.2, 0.25) is 0 Å². The Balaban J connectivity index is 1.31. The first-order valence-corrected chi connectivity index (χ1v) is 10.2. The summed E-state index contributed by atoms with van der Waals surface area (Å²) in [5.74, 6) is 0.458. The molecule has 1 aliphatic carbocycles. The number of hydrogen-bond donors (Lipinski definition) is 1. The second-order valence-electron chi connectivity index (χ2n) is 8.37. The van der Waals surface area contributed by atoms with Gasteiger partial charge in [-0.3, -0.25) is 9.59 Å². The highest BCUT2D eigenvalue weighted by molar-refractivity contribution is 5.93.